The third-order valence-corrected chi connectivity index (χ3v) is 3.27. The molecule has 0 bridgehead atoms. The van der Waals surface area contributed by atoms with Gasteiger partial charge in [-0.05, 0) is 19.3 Å². The smallest absolute Gasteiger partial charge is 0.186 e. The molecule has 0 N–H and O–H groups in total. The van der Waals surface area contributed by atoms with E-state index in [9.17, 15) is 0 Å². The van der Waals surface area contributed by atoms with E-state index >= 15 is 0 Å². The second-order valence-corrected chi connectivity index (χ2v) is 4.64. The molecule has 0 radical (unpaired) electrons. The highest BCUT2D eigenvalue weighted by Crippen LogP contribution is 2.27. The van der Waals surface area contributed by atoms with Gasteiger partial charge in [0.25, 0.3) is 0 Å². The van der Waals surface area contributed by atoms with Crippen LogP contribution in [0.2, 0.25) is 4.34 Å². The Hall–Kier alpha value is -0.280. The van der Waals surface area contributed by atoms with E-state index in [2.05, 4.69) is 9.88 Å². The first kappa shape index (κ1) is 8.32. The molecule has 1 fully saturated rings. The lowest BCUT2D eigenvalue weighted by molar-refractivity contribution is 0.577. The monoisotopic (exact) mass is 202 g/mol. The zero-order chi connectivity index (χ0) is 8.39. The van der Waals surface area contributed by atoms with Crippen molar-refractivity contribution in [2.24, 2.45) is 0 Å². The maximum Gasteiger partial charge on any atom is 0.186 e. The largest absolute Gasteiger partial charge is 0.348 e. The van der Waals surface area contributed by atoms with Crippen molar-refractivity contribution in [3.8, 4) is 0 Å². The van der Waals surface area contributed by atoms with Crippen LogP contribution in [0.1, 0.15) is 19.3 Å². The Morgan fingerprint density at radius 2 is 2.08 bits per heavy atom. The van der Waals surface area contributed by atoms with Crippen LogP contribution in [0.5, 0.6) is 0 Å². The molecular weight excluding hydrogens is 192 g/mol. The number of rotatable bonds is 1. The first-order chi connectivity index (χ1) is 5.86. The number of aromatic nitrogens is 1. The fourth-order valence-electron chi connectivity index (χ4n) is 1.48. The van der Waals surface area contributed by atoms with E-state index in [1.54, 1.807) is 17.5 Å². The van der Waals surface area contributed by atoms with Crippen LogP contribution in [0, 0.1) is 0 Å². The second-order valence-electron chi connectivity index (χ2n) is 2.99. The Labute approximate surface area is 81.2 Å². The van der Waals surface area contributed by atoms with Crippen LogP contribution in [0.3, 0.4) is 0 Å². The first-order valence-electron chi connectivity index (χ1n) is 4.22. The number of piperidine rings is 1. The number of hydrogen-bond acceptors (Lipinski definition) is 3. The van der Waals surface area contributed by atoms with Crippen LogP contribution in [0.15, 0.2) is 6.20 Å². The van der Waals surface area contributed by atoms with Crippen LogP contribution >= 0.6 is 22.9 Å². The Balaban J connectivity index is 2.08. The molecule has 2 nitrogen and oxygen atoms in total. The average Bonchev–Trinajstić information content (AvgIpc) is 2.54. The zero-order valence-electron chi connectivity index (χ0n) is 6.79. The minimum Gasteiger partial charge on any atom is -0.348 e. The van der Waals surface area contributed by atoms with Gasteiger partial charge in [-0.15, -0.1) is 0 Å². The Kier molecular flexibility index (Phi) is 2.51. The molecule has 1 saturated heterocycles. The van der Waals surface area contributed by atoms with Crippen LogP contribution in [0.4, 0.5) is 5.13 Å². The predicted octanol–water partition coefficient (Wildman–Crippen LogP) is 2.79. The van der Waals surface area contributed by atoms with E-state index in [1.807, 2.05) is 0 Å². The fourth-order valence-corrected chi connectivity index (χ4v) is 2.43. The van der Waals surface area contributed by atoms with Gasteiger partial charge in [-0.3, -0.25) is 0 Å². The SMILES string of the molecule is Clc1cnc(N2CCCCC2)s1. The highest BCUT2D eigenvalue weighted by molar-refractivity contribution is 7.19. The normalized spacial score (nSPS) is 18.2. The van der Waals surface area contributed by atoms with Crippen molar-refractivity contribution < 1.29 is 0 Å². The lowest BCUT2D eigenvalue weighted by Crippen LogP contribution is -2.29. The van der Waals surface area contributed by atoms with E-state index in [-0.39, 0.29) is 0 Å². The van der Waals surface area contributed by atoms with Gasteiger partial charge in [0.1, 0.15) is 4.34 Å². The molecule has 1 aromatic rings. The van der Waals surface area contributed by atoms with Crippen molar-refractivity contribution in [1.29, 1.82) is 0 Å². The molecule has 12 heavy (non-hydrogen) atoms. The Morgan fingerprint density at radius 1 is 1.33 bits per heavy atom. The maximum absolute atomic E-state index is 5.81. The minimum absolute atomic E-state index is 0.788. The lowest BCUT2D eigenvalue weighted by atomic mass is 10.1. The van der Waals surface area contributed by atoms with Crippen LogP contribution in [0.25, 0.3) is 0 Å². The maximum atomic E-state index is 5.81. The molecule has 0 aliphatic carbocycles. The van der Waals surface area contributed by atoms with Crippen LogP contribution in [-0.2, 0) is 0 Å². The highest BCUT2D eigenvalue weighted by Gasteiger charge is 2.13. The van der Waals surface area contributed by atoms with E-state index in [1.165, 1.54) is 19.3 Å². The molecule has 4 heteroatoms. The van der Waals surface area contributed by atoms with Gasteiger partial charge in [0.05, 0.1) is 6.20 Å². The molecule has 1 aliphatic heterocycles. The minimum atomic E-state index is 0.788. The summed E-state index contributed by atoms with van der Waals surface area (Å²) < 4.78 is 0.788. The third-order valence-electron chi connectivity index (χ3n) is 2.09. The summed E-state index contributed by atoms with van der Waals surface area (Å²) in [5.41, 5.74) is 0. The summed E-state index contributed by atoms with van der Waals surface area (Å²) in [5, 5.41) is 1.08. The van der Waals surface area contributed by atoms with Gasteiger partial charge >= 0.3 is 0 Å². The summed E-state index contributed by atoms with van der Waals surface area (Å²) in [6, 6.07) is 0. The molecule has 0 atom stereocenters. The first-order valence-corrected chi connectivity index (χ1v) is 5.42. The fraction of sp³-hybridized carbons (Fsp3) is 0.625. The van der Waals surface area contributed by atoms with Gasteiger partial charge in [0.15, 0.2) is 5.13 Å². The van der Waals surface area contributed by atoms with E-state index in [0.29, 0.717) is 0 Å². The second kappa shape index (κ2) is 3.62. The van der Waals surface area contributed by atoms with Crippen molar-refractivity contribution in [3.63, 3.8) is 0 Å². The van der Waals surface area contributed by atoms with Gasteiger partial charge in [-0.1, -0.05) is 22.9 Å². The number of thiazole rings is 1. The topological polar surface area (TPSA) is 16.1 Å². The highest BCUT2D eigenvalue weighted by atomic mass is 35.5. The van der Waals surface area contributed by atoms with E-state index in [4.69, 9.17) is 11.6 Å². The lowest BCUT2D eigenvalue weighted by Gasteiger charge is -2.25. The summed E-state index contributed by atoms with van der Waals surface area (Å²) in [6.07, 6.45) is 5.67. The van der Waals surface area contributed by atoms with Gasteiger partial charge in [0, 0.05) is 13.1 Å². The van der Waals surface area contributed by atoms with Crippen molar-refractivity contribution in [2.45, 2.75) is 19.3 Å². The van der Waals surface area contributed by atoms with Crippen molar-refractivity contribution in [3.05, 3.63) is 10.5 Å². The Morgan fingerprint density at radius 3 is 2.67 bits per heavy atom. The Bertz CT molecular complexity index is 255. The molecule has 2 rings (SSSR count). The van der Waals surface area contributed by atoms with Crippen LogP contribution < -0.4 is 4.90 Å². The molecular formula is C8H11ClN2S. The molecule has 66 valence electrons. The summed E-state index contributed by atoms with van der Waals surface area (Å²) in [7, 11) is 0. The molecule has 0 spiro atoms. The molecule has 0 aromatic carbocycles. The third kappa shape index (κ3) is 1.72. The van der Waals surface area contributed by atoms with Gasteiger partial charge in [-0.25, -0.2) is 4.98 Å². The number of halogens is 1. The number of anilines is 1. The van der Waals surface area contributed by atoms with Gasteiger partial charge in [0.2, 0.25) is 0 Å². The summed E-state index contributed by atoms with van der Waals surface area (Å²) in [4.78, 5) is 6.57. The number of hydrogen-bond donors (Lipinski definition) is 0. The zero-order valence-corrected chi connectivity index (χ0v) is 8.37. The molecule has 0 saturated carbocycles. The van der Waals surface area contributed by atoms with Crippen molar-refractivity contribution in [2.75, 3.05) is 18.0 Å². The summed E-state index contributed by atoms with van der Waals surface area (Å²) >= 11 is 7.38. The van der Waals surface area contributed by atoms with Gasteiger partial charge < -0.3 is 4.90 Å². The summed E-state index contributed by atoms with van der Waals surface area (Å²) in [6.45, 7) is 2.29. The standard InChI is InChI=1S/C8H11ClN2S/c9-7-6-10-8(12-7)11-4-2-1-3-5-11/h6H,1-5H2. The molecule has 0 amide bonds. The van der Waals surface area contributed by atoms with E-state index < -0.39 is 0 Å². The molecule has 2 heterocycles. The van der Waals surface area contributed by atoms with E-state index in [0.717, 1.165) is 22.6 Å². The molecule has 1 aromatic heterocycles. The quantitative estimate of drug-likeness (QED) is 0.696. The van der Waals surface area contributed by atoms with Gasteiger partial charge in [-0.2, -0.15) is 0 Å². The number of nitrogens with zero attached hydrogens (tertiary/aromatic N) is 2. The summed E-state index contributed by atoms with van der Waals surface area (Å²) in [5.74, 6) is 0. The van der Waals surface area contributed by atoms with Crippen LogP contribution in [-0.4, -0.2) is 18.1 Å². The average molecular weight is 203 g/mol. The molecule has 1 aliphatic rings. The predicted molar refractivity (Wildman–Crippen MR) is 53.2 cm³/mol. The van der Waals surface area contributed by atoms with Crippen molar-refractivity contribution >= 4 is 28.1 Å². The molecule has 0 unspecified atom stereocenters. The van der Waals surface area contributed by atoms with Crippen molar-refractivity contribution in [1.82, 2.24) is 4.98 Å².